The number of carbonyl (C=O) groups excluding carboxylic acids is 1. The number of carboxylic acids is 1. The van der Waals surface area contributed by atoms with E-state index in [4.69, 9.17) is 5.11 Å². The average molecular weight is 242 g/mol. The molecule has 1 fully saturated rings. The molecule has 1 aliphatic carbocycles. The maximum atomic E-state index is 11.3. The highest BCUT2D eigenvalue weighted by Gasteiger charge is 2.25. The molecule has 0 saturated heterocycles. The lowest BCUT2D eigenvalue weighted by molar-refractivity contribution is -0.143. The summed E-state index contributed by atoms with van der Waals surface area (Å²) in [5.41, 5.74) is 0. The topological polar surface area (TPSA) is 78.4 Å². The Morgan fingerprint density at radius 2 is 1.88 bits per heavy atom. The maximum absolute atomic E-state index is 11.3. The van der Waals surface area contributed by atoms with Crippen LogP contribution in [0.2, 0.25) is 0 Å². The monoisotopic (exact) mass is 242 g/mol. The largest absolute Gasteiger partial charge is 0.481 e. The fraction of sp³-hybridized carbons (Fsp3) is 0.833. The van der Waals surface area contributed by atoms with Crippen LogP contribution in [0.1, 0.15) is 39.0 Å². The molecule has 0 atom stereocenters. The molecule has 1 rings (SSSR count). The SMILES string of the molecule is CCCNC(=O)CNC1CCC(C(=O)O)CC1. The van der Waals surface area contributed by atoms with Crippen molar-refractivity contribution in [2.45, 2.75) is 45.1 Å². The molecule has 3 N–H and O–H groups in total. The van der Waals surface area contributed by atoms with Gasteiger partial charge in [-0.15, -0.1) is 0 Å². The molecule has 5 nitrogen and oxygen atoms in total. The Kier molecular flexibility index (Phi) is 5.97. The third-order valence-corrected chi connectivity index (χ3v) is 3.20. The second-order valence-electron chi connectivity index (χ2n) is 4.62. The normalized spacial score (nSPS) is 24.3. The van der Waals surface area contributed by atoms with Crippen LogP contribution in [0.5, 0.6) is 0 Å². The van der Waals surface area contributed by atoms with E-state index in [2.05, 4.69) is 10.6 Å². The minimum absolute atomic E-state index is 0.0206. The summed E-state index contributed by atoms with van der Waals surface area (Å²) in [4.78, 5) is 22.1. The molecule has 1 saturated carbocycles. The lowest BCUT2D eigenvalue weighted by Crippen LogP contribution is -2.41. The Morgan fingerprint density at radius 3 is 2.41 bits per heavy atom. The molecule has 98 valence electrons. The van der Waals surface area contributed by atoms with E-state index in [0.717, 1.165) is 19.3 Å². The summed E-state index contributed by atoms with van der Waals surface area (Å²) in [6.07, 6.45) is 4.05. The van der Waals surface area contributed by atoms with Crippen molar-refractivity contribution in [1.29, 1.82) is 0 Å². The van der Waals surface area contributed by atoms with Gasteiger partial charge < -0.3 is 15.7 Å². The number of carbonyl (C=O) groups is 2. The van der Waals surface area contributed by atoms with Crippen molar-refractivity contribution in [3.8, 4) is 0 Å². The summed E-state index contributed by atoms with van der Waals surface area (Å²) in [6.45, 7) is 3.07. The second kappa shape index (κ2) is 7.27. The molecule has 0 aromatic rings. The molecule has 0 aromatic carbocycles. The molecule has 0 radical (unpaired) electrons. The van der Waals surface area contributed by atoms with Crippen molar-refractivity contribution in [1.82, 2.24) is 10.6 Å². The quantitative estimate of drug-likeness (QED) is 0.642. The highest BCUT2D eigenvalue weighted by molar-refractivity contribution is 5.78. The Balaban J connectivity index is 2.14. The van der Waals surface area contributed by atoms with Gasteiger partial charge in [-0.25, -0.2) is 0 Å². The van der Waals surface area contributed by atoms with Crippen LogP contribution in [0.15, 0.2) is 0 Å². The maximum Gasteiger partial charge on any atom is 0.306 e. The van der Waals surface area contributed by atoms with Gasteiger partial charge in [0.25, 0.3) is 0 Å². The van der Waals surface area contributed by atoms with Gasteiger partial charge in [-0.1, -0.05) is 6.92 Å². The number of hydrogen-bond donors (Lipinski definition) is 3. The van der Waals surface area contributed by atoms with Crippen molar-refractivity contribution in [3.63, 3.8) is 0 Å². The molecule has 0 unspecified atom stereocenters. The fourth-order valence-electron chi connectivity index (χ4n) is 2.11. The molecular formula is C12H22N2O3. The zero-order chi connectivity index (χ0) is 12.7. The van der Waals surface area contributed by atoms with Gasteiger partial charge in [0.15, 0.2) is 0 Å². The van der Waals surface area contributed by atoms with Crippen LogP contribution >= 0.6 is 0 Å². The Labute approximate surface area is 102 Å². The Bertz CT molecular complexity index is 260. The number of nitrogens with one attached hydrogen (secondary N) is 2. The lowest BCUT2D eigenvalue weighted by atomic mass is 9.86. The van der Waals surface area contributed by atoms with Gasteiger partial charge in [-0.2, -0.15) is 0 Å². The smallest absolute Gasteiger partial charge is 0.306 e. The van der Waals surface area contributed by atoms with Crippen LogP contribution in [0.3, 0.4) is 0 Å². The van der Waals surface area contributed by atoms with Crippen molar-refractivity contribution in [3.05, 3.63) is 0 Å². The summed E-state index contributed by atoms with van der Waals surface area (Å²) in [5.74, 6) is -0.863. The number of hydrogen-bond acceptors (Lipinski definition) is 3. The van der Waals surface area contributed by atoms with Crippen molar-refractivity contribution in [2.24, 2.45) is 5.92 Å². The van der Waals surface area contributed by atoms with Gasteiger partial charge in [0.05, 0.1) is 12.5 Å². The van der Waals surface area contributed by atoms with E-state index in [0.29, 0.717) is 25.9 Å². The molecule has 0 heterocycles. The van der Waals surface area contributed by atoms with E-state index >= 15 is 0 Å². The second-order valence-corrected chi connectivity index (χ2v) is 4.62. The molecule has 0 aromatic heterocycles. The van der Waals surface area contributed by atoms with E-state index < -0.39 is 5.97 Å². The number of carboxylic acid groups (broad SMARTS) is 1. The van der Waals surface area contributed by atoms with Crippen LogP contribution in [0, 0.1) is 5.92 Å². The highest BCUT2D eigenvalue weighted by Crippen LogP contribution is 2.24. The molecular weight excluding hydrogens is 220 g/mol. The molecule has 0 spiro atoms. The number of rotatable bonds is 6. The van der Waals surface area contributed by atoms with Gasteiger partial charge in [-0.05, 0) is 32.1 Å². The first-order valence-corrected chi connectivity index (χ1v) is 6.36. The zero-order valence-electron chi connectivity index (χ0n) is 10.4. The molecule has 0 aliphatic heterocycles. The first kappa shape index (κ1) is 14.0. The Morgan fingerprint density at radius 1 is 1.24 bits per heavy atom. The van der Waals surface area contributed by atoms with Gasteiger partial charge in [0, 0.05) is 12.6 Å². The first-order valence-electron chi connectivity index (χ1n) is 6.36. The molecule has 17 heavy (non-hydrogen) atoms. The predicted octanol–water partition coefficient (Wildman–Crippen LogP) is 0.746. The number of aliphatic carboxylic acids is 1. The van der Waals surface area contributed by atoms with Crippen molar-refractivity contribution >= 4 is 11.9 Å². The van der Waals surface area contributed by atoms with E-state index in [1.165, 1.54) is 0 Å². The Hall–Kier alpha value is -1.10. The van der Waals surface area contributed by atoms with Crippen LogP contribution in [-0.2, 0) is 9.59 Å². The summed E-state index contributed by atoms with van der Waals surface area (Å²) < 4.78 is 0. The van der Waals surface area contributed by atoms with Gasteiger partial charge >= 0.3 is 5.97 Å². The van der Waals surface area contributed by atoms with Gasteiger partial charge in [-0.3, -0.25) is 9.59 Å². The molecule has 0 bridgehead atoms. The van der Waals surface area contributed by atoms with E-state index in [1.54, 1.807) is 0 Å². The summed E-state index contributed by atoms with van der Waals surface area (Å²) in [6, 6.07) is 0.290. The van der Waals surface area contributed by atoms with Crippen LogP contribution in [-0.4, -0.2) is 36.1 Å². The molecule has 1 aliphatic rings. The minimum Gasteiger partial charge on any atom is -0.481 e. The van der Waals surface area contributed by atoms with Gasteiger partial charge in [0.2, 0.25) is 5.91 Å². The van der Waals surface area contributed by atoms with E-state index in [1.807, 2.05) is 6.92 Å². The van der Waals surface area contributed by atoms with Crippen LogP contribution in [0.25, 0.3) is 0 Å². The van der Waals surface area contributed by atoms with Crippen molar-refractivity contribution < 1.29 is 14.7 Å². The van der Waals surface area contributed by atoms with Crippen LogP contribution < -0.4 is 10.6 Å². The standard InChI is InChI=1S/C12H22N2O3/c1-2-7-13-11(15)8-14-10-5-3-9(4-6-10)12(16)17/h9-10,14H,2-8H2,1H3,(H,13,15)(H,16,17). The minimum atomic E-state index is -0.691. The molecule has 1 amide bonds. The third kappa shape index (κ3) is 5.17. The van der Waals surface area contributed by atoms with Crippen LogP contribution in [0.4, 0.5) is 0 Å². The summed E-state index contributed by atoms with van der Waals surface area (Å²) in [5, 5.41) is 14.8. The van der Waals surface area contributed by atoms with E-state index in [9.17, 15) is 9.59 Å². The third-order valence-electron chi connectivity index (χ3n) is 3.20. The predicted molar refractivity (Wildman–Crippen MR) is 64.7 cm³/mol. The van der Waals surface area contributed by atoms with Crippen molar-refractivity contribution in [2.75, 3.05) is 13.1 Å². The lowest BCUT2D eigenvalue weighted by Gasteiger charge is -2.26. The average Bonchev–Trinajstić information content (AvgIpc) is 2.34. The van der Waals surface area contributed by atoms with E-state index in [-0.39, 0.29) is 17.9 Å². The molecule has 5 heteroatoms. The van der Waals surface area contributed by atoms with Gasteiger partial charge in [0.1, 0.15) is 0 Å². The number of amides is 1. The highest BCUT2D eigenvalue weighted by atomic mass is 16.4. The zero-order valence-corrected chi connectivity index (χ0v) is 10.4. The summed E-state index contributed by atoms with van der Waals surface area (Å²) >= 11 is 0. The summed E-state index contributed by atoms with van der Waals surface area (Å²) in [7, 11) is 0. The fourth-order valence-corrected chi connectivity index (χ4v) is 2.11. The first-order chi connectivity index (χ1) is 8.13.